The molecule has 4 nitrogen and oxygen atoms in total. The van der Waals surface area contributed by atoms with Crippen molar-refractivity contribution in [3.8, 4) is 0 Å². The van der Waals surface area contributed by atoms with E-state index in [1.54, 1.807) is 35.6 Å². The Morgan fingerprint density at radius 3 is 2.58 bits per heavy atom. The van der Waals surface area contributed by atoms with Gasteiger partial charge in [0.15, 0.2) is 0 Å². The van der Waals surface area contributed by atoms with E-state index in [2.05, 4.69) is 5.32 Å². The van der Waals surface area contributed by atoms with Crippen LogP contribution in [-0.2, 0) is 4.74 Å². The van der Waals surface area contributed by atoms with Gasteiger partial charge in [0.2, 0.25) is 0 Å². The van der Waals surface area contributed by atoms with E-state index in [0.717, 1.165) is 16.5 Å². The van der Waals surface area contributed by atoms with Crippen molar-refractivity contribution in [1.82, 2.24) is 0 Å². The molecule has 122 valence electrons. The average molecular weight is 339 g/mol. The van der Waals surface area contributed by atoms with Gasteiger partial charge in [-0.05, 0) is 36.8 Å². The molecule has 1 amide bonds. The predicted octanol–water partition coefficient (Wildman–Crippen LogP) is 4.72. The lowest BCUT2D eigenvalue weighted by Crippen LogP contribution is -2.11. The van der Waals surface area contributed by atoms with Crippen LogP contribution >= 0.6 is 11.3 Å². The molecule has 1 N–H and O–H groups in total. The van der Waals surface area contributed by atoms with Gasteiger partial charge in [-0.15, -0.1) is 11.3 Å². The van der Waals surface area contributed by atoms with Gasteiger partial charge >= 0.3 is 5.97 Å². The molecule has 0 spiro atoms. The standard InChI is InChI=1S/C19H17NO3S/c1-2-11-23-19(22)13-7-9-14(10-8-13)20-18(21)16-12-24-17-6-4-3-5-15(16)17/h3-10,12H,2,11H2,1H3,(H,20,21). The molecule has 1 heterocycles. The number of ether oxygens (including phenoxy) is 1. The van der Waals surface area contributed by atoms with E-state index < -0.39 is 0 Å². The topological polar surface area (TPSA) is 55.4 Å². The van der Waals surface area contributed by atoms with Crippen molar-refractivity contribution in [2.45, 2.75) is 13.3 Å². The lowest BCUT2D eigenvalue weighted by atomic mass is 10.1. The summed E-state index contributed by atoms with van der Waals surface area (Å²) in [6.07, 6.45) is 0.786. The largest absolute Gasteiger partial charge is 0.462 e. The third kappa shape index (κ3) is 3.46. The summed E-state index contributed by atoms with van der Waals surface area (Å²) in [6.45, 7) is 2.35. The number of anilines is 1. The number of hydrogen-bond acceptors (Lipinski definition) is 4. The molecule has 0 unspecified atom stereocenters. The van der Waals surface area contributed by atoms with Crippen LogP contribution in [0.2, 0.25) is 0 Å². The summed E-state index contributed by atoms with van der Waals surface area (Å²) in [5, 5.41) is 5.66. The Balaban J connectivity index is 1.72. The lowest BCUT2D eigenvalue weighted by Gasteiger charge is -2.06. The number of thiophene rings is 1. The number of hydrogen-bond donors (Lipinski definition) is 1. The minimum absolute atomic E-state index is 0.159. The fourth-order valence-corrected chi connectivity index (χ4v) is 3.26. The summed E-state index contributed by atoms with van der Waals surface area (Å²) in [6, 6.07) is 14.5. The average Bonchev–Trinajstić information content (AvgIpc) is 3.04. The van der Waals surface area contributed by atoms with Crippen molar-refractivity contribution < 1.29 is 14.3 Å². The van der Waals surface area contributed by atoms with E-state index in [4.69, 9.17) is 4.74 Å². The summed E-state index contributed by atoms with van der Waals surface area (Å²) in [5.41, 5.74) is 1.77. The van der Waals surface area contributed by atoms with E-state index in [1.165, 1.54) is 0 Å². The third-order valence-electron chi connectivity index (χ3n) is 3.54. The summed E-state index contributed by atoms with van der Waals surface area (Å²) >= 11 is 1.54. The molecule has 3 rings (SSSR count). The second kappa shape index (κ2) is 7.27. The van der Waals surface area contributed by atoms with Crippen LogP contribution in [0.15, 0.2) is 53.9 Å². The third-order valence-corrected chi connectivity index (χ3v) is 4.50. The Labute approximate surface area is 144 Å². The van der Waals surface area contributed by atoms with E-state index in [9.17, 15) is 9.59 Å². The molecule has 0 radical (unpaired) electrons. The number of benzene rings is 2. The fourth-order valence-electron chi connectivity index (χ4n) is 2.32. The quantitative estimate of drug-likeness (QED) is 0.684. The second-order valence-corrected chi connectivity index (χ2v) is 6.22. The molecular formula is C19H17NO3S. The number of rotatable bonds is 5. The van der Waals surface area contributed by atoms with Crippen molar-refractivity contribution in [1.29, 1.82) is 0 Å². The Hall–Kier alpha value is -2.66. The van der Waals surface area contributed by atoms with Crippen LogP contribution < -0.4 is 5.32 Å². The number of esters is 1. The monoisotopic (exact) mass is 339 g/mol. The molecule has 2 aromatic carbocycles. The molecule has 0 fully saturated rings. The van der Waals surface area contributed by atoms with Crippen LogP contribution in [0, 0.1) is 0 Å². The van der Waals surface area contributed by atoms with Gasteiger partial charge in [0.1, 0.15) is 0 Å². The smallest absolute Gasteiger partial charge is 0.338 e. The van der Waals surface area contributed by atoms with Crippen LogP contribution in [-0.4, -0.2) is 18.5 Å². The van der Waals surface area contributed by atoms with Crippen molar-refractivity contribution in [3.05, 3.63) is 65.0 Å². The zero-order chi connectivity index (χ0) is 16.9. The van der Waals surface area contributed by atoms with E-state index in [0.29, 0.717) is 23.4 Å². The number of amides is 1. The van der Waals surface area contributed by atoms with Crippen LogP contribution in [0.1, 0.15) is 34.1 Å². The minimum Gasteiger partial charge on any atom is -0.462 e. The van der Waals surface area contributed by atoms with Gasteiger partial charge in [0.05, 0.1) is 17.7 Å². The maximum atomic E-state index is 12.5. The zero-order valence-corrected chi connectivity index (χ0v) is 14.1. The van der Waals surface area contributed by atoms with E-state index in [-0.39, 0.29) is 11.9 Å². The minimum atomic E-state index is -0.349. The summed E-state index contributed by atoms with van der Waals surface area (Å²) in [5.74, 6) is -0.507. The highest BCUT2D eigenvalue weighted by atomic mass is 32.1. The first-order valence-corrected chi connectivity index (χ1v) is 8.62. The van der Waals surface area contributed by atoms with Gasteiger partial charge in [0.25, 0.3) is 5.91 Å². The Morgan fingerprint density at radius 2 is 1.83 bits per heavy atom. The summed E-state index contributed by atoms with van der Waals surface area (Å²) in [7, 11) is 0. The highest BCUT2D eigenvalue weighted by Crippen LogP contribution is 2.26. The molecule has 3 aromatic rings. The maximum absolute atomic E-state index is 12.5. The van der Waals surface area contributed by atoms with Gasteiger partial charge in [-0.1, -0.05) is 25.1 Å². The first kappa shape index (κ1) is 16.2. The van der Waals surface area contributed by atoms with Crippen LogP contribution in [0.5, 0.6) is 0 Å². The normalized spacial score (nSPS) is 10.5. The van der Waals surface area contributed by atoms with Crippen molar-refractivity contribution in [3.63, 3.8) is 0 Å². The highest BCUT2D eigenvalue weighted by Gasteiger charge is 2.12. The van der Waals surface area contributed by atoms with Crippen molar-refractivity contribution in [2.24, 2.45) is 0 Å². The molecule has 0 aliphatic carbocycles. The highest BCUT2D eigenvalue weighted by molar-refractivity contribution is 7.17. The molecule has 0 aliphatic heterocycles. The number of carbonyl (C=O) groups excluding carboxylic acids is 2. The van der Waals surface area contributed by atoms with Gasteiger partial charge in [-0.25, -0.2) is 4.79 Å². The number of carbonyl (C=O) groups is 2. The lowest BCUT2D eigenvalue weighted by molar-refractivity contribution is 0.0505. The first-order chi connectivity index (χ1) is 11.7. The molecule has 0 bridgehead atoms. The Bertz CT molecular complexity index is 868. The molecule has 0 saturated heterocycles. The Morgan fingerprint density at radius 1 is 1.08 bits per heavy atom. The number of nitrogens with one attached hydrogen (secondary N) is 1. The SMILES string of the molecule is CCCOC(=O)c1ccc(NC(=O)c2csc3ccccc23)cc1. The molecule has 1 aromatic heterocycles. The van der Waals surface area contributed by atoms with Gasteiger partial charge in [-0.2, -0.15) is 0 Å². The molecule has 24 heavy (non-hydrogen) atoms. The summed E-state index contributed by atoms with van der Waals surface area (Å²) < 4.78 is 6.16. The van der Waals surface area contributed by atoms with E-state index in [1.807, 2.05) is 36.6 Å². The maximum Gasteiger partial charge on any atom is 0.338 e. The van der Waals surface area contributed by atoms with Gasteiger partial charge in [-0.3, -0.25) is 4.79 Å². The van der Waals surface area contributed by atoms with Crippen LogP contribution in [0.3, 0.4) is 0 Å². The molecule has 0 saturated carbocycles. The zero-order valence-electron chi connectivity index (χ0n) is 13.2. The van der Waals surface area contributed by atoms with Gasteiger partial charge < -0.3 is 10.1 Å². The molecular weight excluding hydrogens is 322 g/mol. The van der Waals surface area contributed by atoms with Crippen molar-refractivity contribution >= 4 is 39.0 Å². The molecule has 0 atom stereocenters. The van der Waals surface area contributed by atoms with Crippen LogP contribution in [0.4, 0.5) is 5.69 Å². The fraction of sp³-hybridized carbons (Fsp3) is 0.158. The molecule has 5 heteroatoms. The predicted molar refractivity (Wildman–Crippen MR) is 96.8 cm³/mol. The molecule has 0 aliphatic rings. The van der Waals surface area contributed by atoms with Gasteiger partial charge in [0, 0.05) is 21.2 Å². The van der Waals surface area contributed by atoms with Crippen LogP contribution in [0.25, 0.3) is 10.1 Å². The second-order valence-electron chi connectivity index (χ2n) is 5.31. The summed E-state index contributed by atoms with van der Waals surface area (Å²) in [4.78, 5) is 24.2. The van der Waals surface area contributed by atoms with Crippen molar-refractivity contribution in [2.75, 3.05) is 11.9 Å². The first-order valence-electron chi connectivity index (χ1n) is 7.74. The Kier molecular flexibility index (Phi) is 4.91. The number of fused-ring (bicyclic) bond motifs is 1. The van der Waals surface area contributed by atoms with E-state index >= 15 is 0 Å².